The fourth-order valence-electron chi connectivity index (χ4n) is 12.5. The van der Waals surface area contributed by atoms with Crippen LogP contribution in [0.4, 0.5) is 0 Å². The van der Waals surface area contributed by atoms with Crippen molar-refractivity contribution in [1.29, 1.82) is 0 Å². The van der Waals surface area contributed by atoms with Crippen LogP contribution < -0.4 is 29.0 Å². The summed E-state index contributed by atoms with van der Waals surface area (Å²) in [6, 6.07) is 3.29. The zero-order valence-electron chi connectivity index (χ0n) is 34.6. The van der Waals surface area contributed by atoms with Gasteiger partial charge in [0.05, 0.1) is 25.5 Å². The molecule has 11 rings (SSSR count). The molecule has 0 saturated carbocycles. The molecule has 7 aliphatic rings. The Morgan fingerprint density at radius 3 is 2.52 bits per heavy atom. The van der Waals surface area contributed by atoms with E-state index in [1.807, 2.05) is 31.4 Å². The summed E-state index contributed by atoms with van der Waals surface area (Å²) < 4.78 is 36.9. The molecular formula is C44H46N4O12S. The minimum absolute atomic E-state index is 0.0213. The number of carboxylic acid groups (broad SMARTS) is 1. The first kappa shape index (κ1) is 38.7. The molecule has 17 heteroatoms. The predicted octanol–water partition coefficient (Wildman–Crippen LogP) is 4.48. The van der Waals surface area contributed by atoms with Gasteiger partial charge in [0.25, 0.3) is 0 Å². The zero-order chi connectivity index (χ0) is 42.8. The van der Waals surface area contributed by atoms with E-state index in [0.29, 0.717) is 68.4 Å². The second-order valence-corrected chi connectivity index (χ2v) is 18.6. The normalized spacial score (nSPS) is 32.3. The van der Waals surface area contributed by atoms with E-state index in [4.69, 9.17) is 28.4 Å². The van der Waals surface area contributed by atoms with Crippen molar-refractivity contribution in [3.63, 3.8) is 0 Å². The first-order valence-corrected chi connectivity index (χ1v) is 21.7. The number of aliphatic carboxylic acids is 1. The van der Waals surface area contributed by atoms with Crippen molar-refractivity contribution in [2.24, 2.45) is 0 Å². The molecule has 3 saturated heterocycles. The van der Waals surface area contributed by atoms with Crippen LogP contribution in [0, 0.1) is 13.8 Å². The maximum atomic E-state index is 15.4. The van der Waals surface area contributed by atoms with Gasteiger partial charge in [-0.15, -0.1) is 0 Å². The van der Waals surface area contributed by atoms with Crippen molar-refractivity contribution in [2.45, 2.75) is 99.3 Å². The number of carbonyl (C=O) groups excluding carboxylic acids is 2. The minimum Gasteiger partial charge on any atom is -0.504 e. The van der Waals surface area contributed by atoms with Crippen LogP contribution in [0.2, 0.25) is 0 Å². The highest BCUT2D eigenvalue weighted by Gasteiger charge is 2.76. The van der Waals surface area contributed by atoms with E-state index in [-0.39, 0.29) is 37.7 Å². The average molecular weight is 855 g/mol. The number of esters is 2. The Bertz CT molecular complexity index is 2670. The monoisotopic (exact) mass is 854 g/mol. The zero-order valence-corrected chi connectivity index (χ0v) is 35.4. The molecular weight excluding hydrogens is 809 g/mol. The number of aryl methyl sites for hydroxylation is 1. The van der Waals surface area contributed by atoms with Crippen LogP contribution in [-0.4, -0.2) is 105 Å². The third kappa shape index (κ3) is 4.78. The molecule has 0 spiro atoms. The Balaban J connectivity index is 1.15. The van der Waals surface area contributed by atoms with Gasteiger partial charge in [-0.05, 0) is 68.0 Å². The molecule has 3 unspecified atom stereocenters. The van der Waals surface area contributed by atoms with Crippen molar-refractivity contribution in [1.82, 2.24) is 20.1 Å². The molecule has 9 atom stereocenters. The smallest absolute Gasteiger partial charge is 0.330 e. The predicted molar refractivity (Wildman–Crippen MR) is 218 cm³/mol. The van der Waals surface area contributed by atoms with Gasteiger partial charge in [0, 0.05) is 89.2 Å². The number of aliphatic hydroxyl groups is 1. The lowest BCUT2D eigenvalue weighted by atomic mass is 9.75. The van der Waals surface area contributed by atoms with Crippen molar-refractivity contribution >= 4 is 40.6 Å². The Morgan fingerprint density at radius 1 is 1.05 bits per heavy atom. The number of carboxylic acids is 1. The summed E-state index contributed by atoms with van der Waals surface area (Å²) in [5.74, 6) is -0.528. The van der Waals surface area contributed by atoms with Gasteiger partial charge in [-0.2, -0.15) is 11.8 Å². The lowest BCUT2D eigenvalue weighted by Gasteiger charge is -2.59. The molecule has 5 N–H and O–H groups in total. The summed E-state index contributed by atoms with van der Waals surface area (Å²) in [5.41, 5.74) is 2.03. The van der Waals surface area contributed by atoms with Gasteiger partial charge in [-0.3, -0.25) is 24.7 Å². The number of nitrogens with one attached hydrogen (secondary N) is 2. The van der Waals surface area contributed by atoms with E-state index in [1.54, 1.807) is 20.1 Å². The molecule has 3 fully saturated rings. The van der Waals surface area contributed by atoms with Gasteiger partial charge in [0.15, 0.2) is 28.6 Å². The second kappa shape index (κ2) is 12.7. The van der Waals surface area contributed by atoms with Gasteiger partial charge < -0.3 is 48.7 Å². The molecule has 320 valence electrons. The number of aromatic nitrogens is 1. The van der Waals surface area contributed by atoms with Crippen molar-refractivity contribution in [2.75, 3.05) is 33.8 Å². The Labute approximate surface area is 354 Å². The number of H-pyrrole nitrogens is 1. The minimum atomic E-state index is -1.57. The summed E-state index contributed by atoms with van der Waals surface area (Å²) in [4.78, 5) is 49.0. The second-order valence-electron chi connectivity index (χ2n) is 17.7. The van der Waals surface area contributed by atoms with E-state index >= 15 is 4.79 Å². The molecule has 7 heterocycles. The fourth-order valence-corrected chi connectivity index (χ4v) is 13.7. The van der Waals surface area contributed by atoms with Crippen LogP contribution in [-0.2, 0) is 36.7 Å². The molecule has 0 radical (unpaired) electrons. The number of methoxy groups -OCH3 is 2. The van der Waals surface area contributed by atoms with Gasteiger partial charge >= 0.3 is 17.9 Å². The summed E-state index contributed by atoms with van der Waals surface area (Å²) in [5, 5.41) is 38.9. The molecule has 16 nitrogen and oxygen atoms in total. The van der Waals surface area contributed by atoms with Crippen molar-refractivity contribution in [3.8, 4) is 34.5 Å². The van der Waals surface area contributed by atoms with Gasteiger partial charge in [-0.1, -0.05) is 0 Å². The lowest BCUT2D eigenvalue weighted by Crippen LogP contribution is -2.70. The first-order chi connectivity index (χ1) is 29.1. The number of hydrogen-bond acceptors (Lipinski definition) is 15. The summed E-state index contributed by atoms with van der Waals surface area (Å²) in [6.45, 7) is 7.22. The Morgan fingerprint density at radius 2 is 1.82 bits per heavy atom. The Kier molecular flexibility index (Phi) is 8.05. The standard InChI is InChI=1S/C44H46N4O12S/c1-17-10-23-27(34(50)35(17)56-6)32-33-39(61-7)44(60-41(53)31-30-22(12-25(46-31)40(51)52)21-11-20(55-5)8-9-24(21)45-30)13-26(48(33)43(54)14-42(23,4)47(32)15-43)28-29(44)36(59-19(3)49)18(2)37-38(28)58-16-57-37/h8-11,25-26,31-33,39,45-46,50,54H,12-16H2,1-7H3,(H,51,52)/t25-,26+,31-,32-,33-,39+,42?,43?,44?/m1/s1. The van der Waals surface area contributed by atoms with Gasteiger partial charge in [-0.25, -0.2) is 4.79 Å². The number of piperidine rings is 1. The number of ether oxygens (including phenoxy) is 6. The maximum absolute atomic E-state index is 15.4. The number of thioether (sulfide) groups is 1. The van der Waals surface area contributed by atoms with Crippen molar-refractivity contribution in [3.05, 3.63) is 68.9 Å². The molecule has 1 aliphatic carbocycles. The highest BCUT2D eigenvalue weighted by molar-refractivity contribution is 7.99. The molecule has 4 bridgehead atoms. The number of carbonyl (C=O) groups is 3. The van der Waals surface area contributed by atoms with Gasteiger partial charge in [0.1, 0.15) is 29.3 Å². The third-order valence-corrected chi connectivity index (χ3v) is 15.8. The summed E-state index contributed by atoms with van der Waals surface area (Å²) in [6.07, 6.45) is 2.47. The summed E-state index contributed by atoms with van der Waals surface area (Å²) in [7, 11) is 3.08. The molecule has 61 heavy (non-hydrogen) atoms. The lowest BCUT2D eigenvalue weighted by molar-refractivity contribution is -0.219. The van der Waals surface area contributed by atoms with Crippen LogP contribution >= 0.6 is 11.8 Å². The number of hydrogen-bond donors (Lipinski definition) is 5. The number of rotatable bonds is 7. The topological polar surface area (TPSA) is 202 Å². The number of phenols is 1. The quantitative estimate of drug-likeness (QED) is 0.129. The van der Waals surface area contributed by atoms with E-state index < -0.39 is 70.2 Å². The van der Waals surface area contributed by atoms with E-state index in [1.165, 1.54) is 25.8 Å². The fraction of sp³-hybridized carbons (Fsp3) is 0.477. The van der Waals surface area contributed by atoms with Crippen LogP contribution in [0.5, 0.6) is 34.5 Å². The Hall–Kier alpha value is -5.20. The first-order valence-electron chi connectivity index (χ1n) is 20.4. The molecule has 0 amide bonds. The molecule has 6 aliphatic heterocycles. The molecule has 3 aromatic carbocycles. The highest BCUT2D eigenvalue weighted by Crippen LogP contribution is 2.73. The third-order valence-electron chi connectivity index (χ3n) is 14.6. The number of piperazine rings is 1. The van der Waals surface area contributed by atoms with Crippen LogP contribution in [0.25, 0.3) is 10.9 Å². The maximum Gasteiger partial charge on any atom is 0.330 e. The van der Waals surface area contributed by atoms with E-state index in [9.17, 15) is 24.9 Å². The number of aromatic hydroxyl groups is 1. The number of aromatic amines is 1. The molecule has 4 aromatic rings. The number of phenolic OH excluding ortho intramolecular Hbond substituents is 1. The van der Waals surface area contributed by atoms with E-state index in [0.717, 1.165) is 16.5 Å². The summed E-state index contributed by atoms with van der Waals surface area (Å²) >= 11 is 1.45. The van der Waals surface area contributed by atoms with Crippen LogP contribution in [0.3, 0.4) is 0 Å². The van der Waals surface area contributed by atoms with Gasteiger partial charge in [0.2, 0.25) is 6.79 Å². The largest absolute Gasteiger partial charge is 0.504 e. The number of nitrogens with zero attached hydrogens (tertiary/aromatic N) is 2. The molecule has 1 aromatic heterocycles. The number of benzene rings is 3. The van der Waals surface area contributed by atoms with Crippen LogP contribution in [0.1, 0.15) is 89.5 Å². The average Bonchev–Trinajstić information content (AvgIpc) is 4.00. The van der Waals surface area contributed by atoms with Crippen LogP contribution in [0.15, 0.2) is 24.3 Å². The number of fused-ring (bicyclic) bond motifs is 18. The SMILES string of the molecule is COc1ccc2[nH]c3c(c2c1)C[C@H](C(=O)O)N[C@H]3C(=O)OC12C[C@@H](c3c4c(c(C)c(OC(C)=O)c31)OCO4)N1[C@H]([C@H]3c4c(cc(C)c(OC)c4O)C4(C)CC1(O)CN34)[C@@H]2SC. The van der Waals surface area contributed by atoms with E-state index in [2.05, 4.69) is 27.0 Å². The highest BCUT2D eigenvalue weighted by atomic mass is 32.2. The van der Waals surface area contributed by atoms with Crippen molar-refractivity contribution < 1.29 is 58.1 Å².